The lowest BCUT2D eigenvalue weighted by molar-refractivity contribution is 0.104. The number of carbonyl (C=O) groups is 2. The number of rotatable bonds is 5. The SMILES string of the molecule is O=C(NCc1ccc(C(=O)c2ccccc2)s1)NC1CCCCC1. The van der Waals surface area contributed by atoms with Gasteiger partial charge in [-0.15, -0.1) is 11.3 Å². The summed E-state index contributed by atoms with van der Waals surface area (Å²) in [6.45, 7) is 0.450. The minimum atomic E-state index is -0.119. The number of hydrogen-bond donors (Lipinski definition) is 2. The monoisotopic (exact) mass is 342 g/mol. The molecule has 0 saturated heterocycles. The summed E-state index contributed by atoms with van der Waals surface area (Å²) in [5.74, 6) is 0.0264. The van der Waals surface area contributed by atoms with Crippen molar-refractivity contribution in [1.82, 2.24) is 10.6 Å². The molecule has 24 heavy (non-hydrogen) atoms. The normalized spacial score (nSPS) is 15.0. The van der Waals surface area contributed by atoms with Crippen LogP contribution in [-0.4, -0.2) is 17.9 Å². The number of hydrogen-bond acceptors (Lipinski definition) is 3. The molecule has 2 N–H and O–H groups in total. The molecule has 0 unspecified atom stereocenters. The maximum atomic E-state index is 12.4. The van der Waals surface area contributed by atoms with Crippen LogP contribution in [0.3, 0.4) is 0 Å². The minimum Gasteiger partial charge on any atom is -0.335 e. The molecule has 1 aliphatic rings. The zero-order valence-electron chi connectivity index (χ0n) is 13.6. The first-order valence-corrected chi connectivity index (χ1v) is 9.27. The summed E-state index contributed by atoms with van der Waals surface area (Å²) in [5.41, 5.74) is 0.689. The van der Waals surface area contributed by atoms with Gasteiger partial charge in [0.05, 0.1) is 11.4 Å². The van der Waals surface area contributed by atoms with Gasteiger partial charge in [0, 0.05) is 16.5 Å². The molecular weight excluding hydrogens is 320 g/mol. The van der Waals surface area contributed by atoms with E-state index in [1.165, 1.54) is 30.6 Å². The van der Waals surface area contributed by atoms with Gasteiger partial charge in [0.15, 0.2) is 0 Å². The van der Waals surface area contributed by atoms with Gasteiger partial charge in [-0.05, 0) is 25.0 Å². The molecule has 1 aromatic carbocycles. The fourth-order valence-corrected chi connectivity index (χ4v) is 3.89. The standard InChI is InChI=1S/C19H22N2O2S/c22-18(14-7-3-1-4-8-14)17-12-11-16(24-17)13-20-19(23)21-15-9-5-2-6-10-15/h1,3-4,7-8,11-12,15H,2,5-6,9-10,13H2,(H2,20,21,23). The van der Waals surface area contributed by atoms with E-state index in [-0.39, 0.29) is 11.8 Å². The Morgan fingerprint density at radius 3 is 2.50 bits per heavy atom. The highest BCUT2D eigenvalue weighted by atomic mass is 32.1. The second-order valence-corrected chi connectivity index (χ2v) is 7.29. The predicted molar refractivity (Wildman–Crippen MR) is 96.4 cm³/mol. The summed E-state index contributed by atoms with van der Waals surface area (Å²) < 4.78 is 0. The van der Waals surface area contributed by atoms with Crippen molar-refractivity contribution in [3.05, 3.63) is 57.8 Å². The van der Waals surface area contributed by atoms with Crippen molar-refractivity contribution in [3.63, 3.8) is 0 Å². The van der Waals surface area contributed by atoms with Crippen LogP contribution in [0.1, 0.15) is 52.2 Å². The molecule has 2 aromatic rings. The van der Waals surface area contributed by atoms with E-state index in [0.29, 0.717) is 23.0 Å². The Balaban J connectivity index is 1.50. The van der Waals surface area contributed by atoms with Crippen LogP contribution in [0.5, 0.6) is 0 Å². The van der Waals surface area contributed by atoms with Gasteiger partial charge in [-0.25, -0.2) is 4.79 Å². The number of thiophene rings is 1. The topological polar surface area (TPSA) is 58.2 Å². The molecule has 1 aromatic heterocycles. The predicted octanol–water partition coefficient (Wildman–Crippen LogP) is 4.11. The minimum absolute atomic E-state index is 0.0264. The number of carbonyl (C=O) groups excluding carboxylic acids is 2. The van der Waals surface area contributed by atoms with Crippen molar-refractivity contribution in [3.8, 4) is 0 Å². The molecular formula is C19H22N2O2S. The van der Waals surface area contributed by atoms with E-state index in [1.54, 1.807) is 0 Å². The number of urea groups is 1. The van der Waals surface area contributed by atoms with Crippen LogP contribution in [0.2, 0.25) is 0 Å². The van der Waals surface area contributed by atoms with Crippen LogP contribution in [0.15, 0.2) is 42.5 Å². The fraction of sp³-hybridized carbons (Fsp3) is 0.368. The lowest BCUT2D eigenvalue weighted by Gasteiger charge is -2.22. The molecule has 2 amide bonds. The summed E-state index contributed by atoms with van der Waals surface area (Å²) in [5, 5.41) is 5.92. The van der Waals surface area contributed by atoms with Gasteiger partial charge in [0.2, 0.25) is 5.78 Å². The van der Waals surface area contributed by atoms with Crippen LogP contribution in [0.25, 0.3) is 0 Å². The largest absolute Gasteiger partial charge is 0.335 e. The summed E-state index contributed by atoms with van der Waals surface area (Å²) in [6.07, 6.45) is 5.80. The third-order valence-corrected chi connectivity index (χ3v) is 5.37. The smallest absolute Gasteiger partial charge is 0.315 e. The van der Waals surface area contributed by atoms with Crippen molar-refractivity contribution in [2.45, 2.75) is 44.7 Å². The molecule has 1 aliphatic carbocycles. The highest BCUT2D eigenvalue weighted by Crippen LogP contribution is 2.20. The second-order valence-electron chi connectivity index (χ2n) is 6.12. The first-order valence-electron chi connectivity index (χ1n) is 8.45. The number of benzene rings is 1. The van der Waals surface area contributed by atoms with Crippen LogP contribution in [-0.2, 0) is 6.54 Å². The van der Waals surface area contributed by atoms with Gasteiger partial charge in [0.25, 0.3) is 0 Å². The van der Waals surface area contributed by atoms with Crippen molar-refractivity contribution in [2.24, 2.45) is 0 Å². The van der Waals surface area contributed by atoms with Crippen molar-refractivity contribution in [1.29, 1.82) is 0 Å². The van der Waals surface area contributed by atoms with E-state index < -0.39 is 0 Å². The Bertz CT molecular complexity index is 690. The van der Waals surface area contributed by atoms with E-state index in [4.69, 9.17) is 0 Å². The van der Waals surface area contributed by atoms with Gasteiger partial charge in [-0.1, -0.05) is 49.6 Å². The summed E-state index contributed by atoms with van der Waals surface area (Å²) in [7, 11) is 0. The molecule has 1 heterocycles. The molecule has 0 atom stereocenters. The molecule has 0 aliphatic heterocycles. The molecule has 3 rings (SSSR count). The quantitative estimate of drug-likeness (QED) is 0.803. The number of nitrogens with one attached hydrogen (secondary N) is 2. The van der Waals surface area contributed by atoms with Crippen LogP contribution >= 0.6 is 11.3 Å². The van der Waals surface area contributed by atoms with Crippen molar-refractivity contribution < 1.29 is 9.59 Å². The van der Waals surface area contributed by atoms with Crippen molar-refractivity contribution in [2.75, 3.05) is 0 Å². The maximum absolute atomic E-state index is 12.4. The van der Waals surface area contributed by atoms with Crippen LogP contribution < -0.4 is 10.6 Å². The molecule has 0 radical (unpaired) electrons. The third kappa shape index (κ3) is 4.45. The van der Waals surface area contributed by atoms with Crippen LogP contribution in [0, 0.1) is 0 Å². The lowest BCUT2D eigenvalue weighted by Crippen LogP contribution is -2.42. The van der Waals surface area contributed by atoms with Gasteiger partial charge in [-0.2, -0.15) is 0 Å². The Morgan fingerprint density at radius 1 is 1.00 bits per heavy atom. The molecule has 4 nitrogen and oxygen atoms in total. The first kappa shape index (κ1) is 16.7. The van der Waals surface area contributed by atoms with E-state index in [9.17, 15) is 9.59 Å². The second kappa shape index (κ2) is 8.11. The Hall–Kier alpha value is -2.14. The molecule has 5 heteroatoms. The number of ketones is 1. The molecule has 0 spiro atoms. The third-order valence-electron chi connectivity index (χ3n) is 4.28. The van der Waals surface area contributed by atoms with Crippen molar-refractivity contribution >= 4 is 23.2 Å². The average Bonchev–Trinajstić information content (AvgIpc) is 3.10. The Labute approximate surface area is 146 Å². The zero-order chi connectivity index (χ0) is 16.8. The molecule has 126 valence electrons. The lowest BCUT2D eigenvalue weighted by atomic mass is 9.96. The first-order chi connectivity index (χ1) is 11.7. The van der Waals surface area contributed by atoms with E-state index in [1.807, 2.05) is 42.5 Å². The highest BCUT2D eigenvalue weighted by molar-refractivity contribution is 7.14. The maximum Gasteiger partial charge on any atom is 0.315 e. The van der Waals surface area contributed by atoms with E-state index in [0.717, 1.165) is 17.7 Å². The summed E-state index contributed by atoms with van der Waals surface area (Å²) in [6, 6.07) is 13.2. The van der Waals surface area contributed by atoms with Gasteiger partial charge in [-0.3, -0.25) is 4.79 Å². The number of amides is 2. The fourth-order valence-electron chi connectivity index (χ4n) is 2.98. The van der Waals surface area contributed by atoms with Gasteiger partial charge in [0.1, 0.15) is 0 Å². The zero-order valence-corrected chi connectivity index (χ0v) is 14.4. The summed E-state index contributed by atoms with van der Waals surface area (Å²) >= 11 is 1.43. The van der Waals surface area contributed by atoms with Crippen LogP contribution in [0.4, 0.5) is 4.79 Å². The average molecular weight is 342 g/mol. The molecule has 0 bridgehead atoms. The molecule has 1 saturated carbocycles. The van der Waals surface area contributed by atoms with E-state index in [2.05, 4.69) is 10.6 Å². The van der Waals surface area contributed by atoms with Gasteiger partial charge >= 0.3 is 6.03 Å². The highest BCUT2D eigenvalue weighted by Gasteiger charge is 2.16. The van der Waals surface area contributed by atoms with Gasteiger partial charge < -0.3 is 10.6 Å². The Kier molecular flexibility index (Phi) is 5.64. The summed E-state index contributed by atoms with van der Waals surface area (Å²) in [4.78, 5) is 26.0. The Morgan fingerprint density at radius 2 is 1.75 bits per heavy atom. The van der Waals surface area contributed by atoms with E-state index >= 15 is 0 Å². The molecule has 1 fully saturated rings.